The topological polar surface area (TPSA) is 47.0 Å². The zero-order chi connectivity index (χ0) is 12.8. The lowest BCUT2D eigenvalue weighted by molar-refractivity contribution is 0.224. The fourth-order valence-corrected chi connectivity index (χ4v) is 2.87. The lowest BCUT2D eigenvalue weighted by atomic mass is 10.0. The highest BCUT2D eigenvalue weighted by Gasteiger charge is 2.15. The molecule has 1 aliphatic rings. The Hall–Kier alpha value is -0.840. The highest BCUT2D eigenvalue weighted by molar-refractivity contribution is 9.10. The van der Waals surface area contributed by atoms with E-state index < -0.39 is 0 Å². The van der Waals surface area contributed by atoms with Crippen LogP contribution in [0.1, 0.15) is 38.5 Å². The maximum Gasteiger partial charge on any atom is 0.233 e. The summed E-state index contributed by atoms with van der Waals surface area (Å²) < 4.78 is 6.64. The van der Waals surface area contributed by atoms with E-state index >= 15 is 0 Å². The second kappa shape index (κ2) is 6.92. The number of anilines is 1. The van der Waals surface area contributed by atoms with Crippen molar-refractivity contribution in [1.29, 1.82) is 0 Å². The van der Waals surface area contributed by atoms with E-state index in [-0.39, 0.29) is 0 Å². The van der Waals surface area contributed by atoms with E-state index in [1.54, 1.807) is 0 Å². The summed E-state index contributed by atoms with van der Waals surface area (Å²) in [5.41, 5.74) is 0. The summed E-state index contributed by atoms with van der Waals surface area (Å²) in [5, 5.41) is 3.01. The van der Waals surface area contributed by atoms with E-state index in [1.165, 1.54) is 44.9 Å². The van der Waals surface area contributed by atoms with Crippen molar-refractivity contribution in [3.05, 3.63) is 10.8 Å². The van der Waals surface area contributed by atoms with Crippen molar-refractivity contribution in [3.63, 3.8) is 0 Å². The van der Waals surface area contributed by atoms with Crippen LogP contribution >= 0.6 is 15.9 Å². The van der Waals surface area contributed by atoms with Gasteiger partial charge in [-0.2, -0.15) is 0 Å². The van der Waals surface area contributed by atoms with Gasteiger partial charge in [0.05, 0.1) is 6.61 Å². The van der Waals surface area contributed by atoms with E-state index in [1.807, 2.05) is 7.05 Å². The van der Waals surface area contributed by atoms with Crippen molar-refractivity contribution < 1.29 is 4.74 Å². The molecule has 1 saturated carbocycles. The molecule has 100 valence electrons. The van der Waals surface area contributed by atoms with Crippen LogP contribution in [0.25, 0.3) is 0 Å². The maximum atomic E-state index is 5.84. The molecule has 18 heavy (non-hydrogen) atoms. The third-order valence-corrected chi connectivity index (χ3v) is 4.14. The van der Waals surface area contributed by atoms with E-state index in [0.29, 0.717) is 11.8 Å². The van der Waals surface area contributed by atoms with Crippen LogP contribution in [0, 0.1) is 5.92 Å². The summed E-state index contributed by atoms with van der Waals surface area (Å²) in [6, 6.07) is 0. The Balaban J connectivity index is 1.92. The van der Waals surface area contributed by atoms with Gasteiger partial charge in [-0.15, -0.1) is 0 Å². The van der Waals surface area contributed by atoms with Crippen molar-refractivity contribution >= 4 is 21.7 Å². The van der Waals surface area contributed by atoms with E-state index in [4.69, 9.17) is 4.74 Å². The fourth-order valence-electron chi connectivity index (χ4n) is 2.36. The molecule has 0 amide bonds. The van der Waals surface area contributed by atoms with Crippen molar-refractivity contribution in [1.82, 2.24) is 9.97 Å². The van der Waals surface area contributed by atoms with Gasteiger partial charge < -0.3 is 10.1 Å². The van der Waals surface area contributed by atoms with Gasteiger partial charge in [0.2, 0.25) is 5.88 Å². The molecule has 1 fully saturated rings. The number of hydrogen-bond acceptors (Lipinski definition) is 4. The molecule has 0 spiro atoms. The number of nitrogens with one attached hydrogen (secondary N) is 1. The number of rotatable bonds is 4. The third-order valence-electron chi connectivity index (χ3n) is 3.42. The van der Waals surface area contributed by atoms with Crippen molar-refractivity contribution in [2.24, 2.45) is 5.92 Å². The predicted octanol–water partition coefficient (Wildman–Crippen LogP) is 3.63. The van der Waals surface area contributed by atoms with Crippen molar-refractivity contribution in [2.45, 2.75) is 38.5 Å². The van der Waals surface area contributed by atoms with Gasteiger partial charge in [0.1, 0.15) is 16.6 Å². The normalized spacial score (nSPS) is 17.2. The summed E-state index contributed by atoms with van der Waals surface area (Å²) in [6.45, 7) is 0.763. The van der Waals surface area contributed by atoms with Gasteiger partial charge in [0.25, 0.3) is 0 Å². The first-order valence-corrected chi connectivity index (χ1v) is 7.41. The quantitative estimate of drug-likeness (QED) is 0.862. The Morgan fingerprint density at radius 2 is 2.00 bits per heavy atom. The van der Waals surface area contributed by atoms with Crippen LogP contribution in [0.4, 0.5) is 5.82 Å². The first kappa shape index (κ1) is 13.6. The Morgan fingerprint density at radius 1 is 1.28 bits per heavy atom. The number of halogens is 1. The molecule has 0 atom stereocenters. The van der Waals surface area contributed by atoms with Crippen LogP contribution in [0.5, 0.6) is 5.88 Å². The summed E-state index contributed by atoms with van der Waals surface area (Å²) in [7, 11) is 1.84. The molecule has 0 bridgehead atoms. The summed E-state index contributed by atoms with van der Waals surface area (Å²) in [4.78, 5) is 8.29. The first-order valence-electron chi connectivity index (χ1n) is 6.62. The molecule has 2 rings (SSSR count). The van der Waals surface area contributed by atoms with Crippen LogP contribution in [-0.4, -0.2) is 23.6 Å². The third kappa shape index (κ3) is 3.57. The molecular weight excluding hydrogens is 294 g/mol. The highest BCUT2D eigenvalue weighted by atomic mass is 79.9. The SMILES string of the molecule is CNc1ncnc(OCC2CCCCCC2)c1Br. The smallest absolute Gasteiger partial charge is 0.233 e. The summed E-state index contributed by atoms with van der Waals surface area (Å²) in [5.74, 6) is 2.08. The maximum absolute atomic E-state index is 5.84. The van der Waals surface area contributed by atoms with Gasteiger partial charge in [0.15, 0.2) is 0 Å². The van der Waals surface area contributed by atoms with E-state index in [9.17, 15) is 0 Å². The monoisotopic (exact) mass is 313 g/mol. The van der Waals surface area contributed by atoms with E-state index in [2.05, 4.69) is 31.2 Å². The lowest BCUT2D eigenvalue weighted by Crippen LogP contribution is -2.12. The molecule has 5 heteroatoms. The zero-order valence-electron chi connectivity index (χ0n) is 10.8. The average molecular weight is 314 g/mol. The van der Waals surface area contributed by atoms with Gasteiger partial charge in [-0.05, 0) is 34.7 Å². The fraction of sp³-hybridized carbons (Fsp3) is 0.692. The second-order valence-electron chi connectivity index (χ2n) is 4.76. The molecular formula is C13H20BrN3O. The Kier molecular flexibility index (Phi) is 5.23. The predicted molar refractivity (Wildman–Crippen MR) is 76.0 cm³/mol. The van der Waals surface area contributed by atoms with Crippen LogP contribution in [0.2, 0.25) is 0 Å². The molecule has 0 unspecified atom stereocenters. The minimum atomic E-state index is 0.638. The lowest BCUT2D eigenvalue weighted by Gasteiger charge is -2.15. The van der Waals surface area contributed by atoms with Crippen molar-refractivity contribution in [3.8, 4) is 5.88 Å². The number of hydrogen-bond donors (Lipinski definition) is 1. The average Bonchev–Trinajstić information content (AvgIpc) is 2.66. The van der Waals surface area contributed by atoms with Gasteiger partial charge in [-0.25, -0.2) is 9.97 Å². The van der Waals surface area contributed by atoms with Gasteiger partial charge >= 0.3 is 0 Å². The van der Waals surface area contributed by atoms with Gasteiger partial charge in [-0.3, -0.25) is 0 Å². The van der Waals surface area contributed by atoms with Crippen LogP contribution in [-0.2, 0) is 0 Å². The standard InChI is InChI=1S/C13H20BrN3O/c1-15-12-11(14)13(17-9-16-12)18-8-10-6-4-2-3-5-7-10/h9-10H,2-8H2,1H3,(H,15,16,17). The van der Waals surface area contributed by atoms with E-state index in [0.717, 1.165) is 16.9 Å². The Labute approximate surface area is 117 Å². The highest BCUT2D eigenvalue weighted by Crippen LogP contribution is 2.29. The second-order valence-corrected chi connectivity index (χ2v) is 5.55. The summed E-state index contributed by atoms with van der Waals surface area (Å²) in [6.07, 6.45) is 9.50. The van der Waals surface area contributed by atoms with Crippen LogP contribution in [0.15, 0.2) is 10.8 Å². The van der Waals surface area contributed by atoms with Gasteiger partial charge in [0, 0.05) is 7.05 Å². The Bertz CT molecular complexity index is 378. The molecule has 0 aromatic carbocycles. The van der Waals surface area contributed by atoms with Gasteiger partial charge in [-0.1, -0.05) is 25.7 Å². The number of nitrogens with zero attached hydrogens (tertiary/aromatic N) is 2. The molecule has 1 aliphatic carbocycles. The number of ether oxygens (including phenoxy) is 1. The molecule has 4 nitrogen and oxygen atoms in total. The molecule has 1 aromatic rings. The molecule has 0 saturated heterocycles. The molecule has 1 aromatic heterocycles. The molecule has 1 N–H and O–H groups in total. The summed E-state index contributed by atoms with van der Waals surface area (Å²) >= 11 is 3.47. The first-order chi connectivity index (χ1) is 8.81. The number of aromatic nitrogens is 2. The zero-order valence-corrected chi connectivity index (χ0v) is 12.4. The van der Waals surface area contributed by atoms with Crippen LogP contribution < -0.4 is 10.1 Å². The minimum absolute atomic E-state index is 0.638. The molecule has 1 heterocycles. The largest absolute Gasteiger partial charge is 0.476 e. The molecule has 0 aliphatic heterocycles. The minimum Gasteiger partial charge on any atom is -0.476 e. The van der Waals surface area contributed by atoms with Crippen molar-refractivity contribution in [2.75, 3.05) is 19.0 Å². The van der Waals surface area contributed by atoms with Crippen LogP contribution in [0.3, 0.4) is 0 Å². The Morgan fingerprint density at radius 3 is 2.67 bits per heavy atom. The molecule has 0 radical (unpaired) electrons.